The first-order valence-electron chi connectivity index (χ1n) is 6.88. The highest BCUT2D eigenvalue weighted by molar-refractivity contribution is 6.30. The lowest BCUT2D eigenvalue weighted by Gasteiger charge is -2.07. The molecule has 0 aliphatic heterocycles. The van der Waals surface area contributed by atoms with Gasteiger partial charge in [-0.15, -0.1) is 0 Å². The van der Waals surface area contributed by atoms with Crippen molar-refractivity contribution in [2.24, 2.45) is 0 Å². The average molecular weight is 318 g/mol. The zero-order chi connectivity index (χ0) is 15.8. The van der Waals surface area contributed by atoms with Gasteiger partial charge in [0.15, 0.2) is 6.61 Å². The van der Waals surface area contributed by atoms with Crippen LogP contribution in [0.15, 0.2) is 54.6 Å². The fourth-order valence-electron chi connectivity index (χ4n) is 1.84. The van der Waals surface area contributed by atoms with E-state index in [-0.39, 0.29) is 12.5 Å². The van der Waals surface area contributed by atoms with Gasteiger partial charge in [0.25, 0.3) is 5.91 Å². The van der Waals surface area contributed by atoms with Crippen LogP contribution in [0.5, 0.6) is 0 Å². The Morgan fingerprint density at radius 2 is 1.68 bits per heavy atom. The summed E-state index contributed by atoms with van der Waals surface area (Å²) in [5.74, 6) is -0.867. The molecular formula is C17H16ClNO3. The monoisotopic (exact) mass is 317 g/mol. The maximum atomic E-state index is 11.7. The summed E-state index contributed by atoms with van der Waals surface area (Å²) in [4.78, 5) is 23.3. The van der Waals surface area contributed by atoms with Crippen LogP contribution >= 0.6 is 11.6 Å². The van der Waals surface area contributed by atoms with E-state index in [1.54, 1.807) is 24.3 Å². The summed E-state index contributed by atoms with van der Waals surface area (Å²) >= 11 is 5.74. The third-order valence-electron chi connectivity index (χ3n) is 2.99. The molecule has 0 unspecified atom stereocenters. The van der Waals surface area contributed by atoms with Crippen LogP contribution in [-0.2, 0) is 16.0 Å². The minimum absolute atomic E-state index is 0.295. The van der Waals surface area contributed by atoms with Gasteiger partial charge in [0.1, 0.15) is 0 Å². The first-order chi connectivity index (χ1) is 10.6. The van der Waals surface area contributed by atoms with E-state index in [4.69, 9.17) is 16.3 Å². The molecule has 2 aromatic carbocycles. The van der Waals surface area contributed by atoms with Crippen molar-refractivity contribution in [2.75, 3.05) is 13.2 Å². The molecule has 4 nitrogen and oxygen atoms in total. The normalized spacial score (nSPS) is 10.0. The molecule has 0 fully saturated rings. The van der Waals surface area contributed by atoms with Crippen LogP contribution in [0.1, 0.15) is 15.9 Å². The van der Waals surface area contributed by atoms with E-state index in [9.17, 15) is 9.59 Å². The van der Waals surface area contributed by atoms with Crippen molar-refractivity contribution in [3.8, 4) is 0 Å². The van der Waals surface area contributed by atoms with Crippen LogP contribution in [-0.4, -0.2) is 25.0 Å². The summed E-state index contributed by atoms with van der Waals surface area (Å²) in [6, 6.07) is 16.1. The van der Waals surface area contributed by atoms with Crippen molar-refractivity contribution in [2.45, 2.75) is 6.42 Å². The van der Waals surface area contributed by atoms with Gasteiger partial charge in [-0.2, -0.15) is 0 Å². The number of amides is 1. The van der Waals surface area contributed by atoms with Crippen LogP contribution < -0.4 is 5.32 Å². The van der Waals surface area contributed by atoms with E-state index in [0.29, 0.717) is 17.1 Å². The second-order valence-electron chi connectivity index (χ2n) is 4.67. The molecular weight excluding hydrogens is 302 g/mol. The summed E-state index contributed by atoms with van der Waals surface area (Å²) in [5, 5.41) is 3.25. The molecule has 5 heteroatoms. The van der Waals surface area contributed by atoms with Crippen molar-refractivity contribution in [1.29, 1.82) is 0 Å². The number of nitrogens with one attached hydrogen (secondary N) is 1. The van der Waals surface area contributed by atoms with Gasteiger partial charge in [0, 0.05) is 11.6 Å². The Morgan fingerprint density at radius 1 is 1.00 bits per heavy atom. The summed E-state index contributed by atoms with van der Waals surface area (Å²) in [6.45, 7) is 0.206. The molecule has 0 heterocycles. The molecule has 0 radical (unpaired) electrons. The molecule has 0 atom stereocenters. The maximum absolute atomic E-state index is 11.7. The molecule has 0 spiro atoms. The van der Waals surface area contributed by atoms with Gasteiger partial charge in [-0.05, 0) is 36.2 Å². The molecule has 22 heavy (non-hydrogen) atoms. The van der Waals surface area contributed by atoms with E-state index in [1.165, 1.54) is 0 Å². The summed E-state index contributed by atoms with van der Waals surface area (Å²) in [5.41, 5.74) is 1.50. The molecule has 0 aliphatic carbocycles. The number of carbonyl (C=O) groups is 2. The lowest BCUT2D eigenvalue weighted by Crippen LogP contribution is -2.30. The zero-order valence-corrected chi connectivity index (χ0v) is 12.7. The summed E-state index contributed by atoms with van der Waals surface area (Å²) in [7, 11) is 0. The first-order valence-corrected chi connectivity index (χ1v) is 7.26. The Hall–Kier alpha value is -2.33. The minimum atomic E-state index is -0.546. The molecule has 2 rings (SSSR count). The van der Waals surface area contributed by atoms with Gasteiger partial charge < -0.3 is 10.1 Å². The minimum Gasteiger partial charge on any atom is -0.452 e. The van der Waals surface area contributed by atoms with E-state index in [0.717, 1.165) is 12.0 Å². The SMILES string of the molecule is O=C(COC(=O)c1ccc(Cl)cc1)NCCc1ccccc1. The topological polar surface area (TPSA) is 55.4 Å². The van der Waals surface area contributed by atoms with Gasteiger partial charge in [-0.3, -0.25) is 4.79 Å². The number of benzene rings is 2. The Balaban J connectivity index is 1.69. The molecule has 2 aromatic rings. The standard InChI is InChI=1S/C17H16ClNO3/c18-15-8-6-14(7-9-15)17(21)22-12-16(20)19-11-10-13-4-2-1-3-5-13/h1-9H,10-12H2,(H,19,20). The smallest absolute Gasteiger partial charge is 0.338 e. The van der Waals surface area contributed by atoms with Crippen LogP contribution in [0.4, 0.5) is 0 Å². The molecule has 0 aliphatic rings. The molecule has 0 saturated heterocycles. The molecule has 114 valence electrons. The first kappa shape index (κ1) is 16.0. The largest absolute Gasteiger partial charge is 0.452 e. The van der Waals surface area contributed by atoms with Crippen molar-refractivity contribution in [1.82, 2.24) is 5.32 Å². The second kappa shape index (κ2) is 8.20. The summed E-state index contributed by atoms with van der Waals surface area (Å²) < 4.78 is 4.94. The lowest BCUT2D eigenvalue weighted by molar-refractivity contribution is -0.124. The van der Waals surface area contributed by atoms with E-state index >= 15 is 0 Å². The predicted octanol–water partition coefficient (Wildman–Crippen LogP) is 2.86. The van der Waals surface area contributed by atoms with Crippen LogP contribution in [0, 0.1) is 0 Å². The fourth-order valence-corrected chi connectivity index (χ4v) is 1.97. The molecule has 1 amide bonds. The van der Waals surface area contributed by atoms with Crippen molar-refractivity contribution in [3.05, 3.63) is 70.7 Å². The Bertz CT molecular complexity index is 626. The number of halogens is 1. The Kier molecular flexibility index (Phi) is 5.98. The van der Waals surface area contributed by atoms with Crippen LogP contribution in [0.3, 0.4) is 0 Å². The lowest BCUT2D eigenvalue weighted by atomic mass is 10.1. The third kappa shape index (κ3) is 5.22. The van der Waals surface area contributed by atoms with E-state index < -0.39 is 5.97 Å². The van der Waals surface area contributed by atoms with Gasteiger partial charge in [-0.25, -0.2) is 4.79 Å². The molecule has 0 saturated carbocycles. The second-order valence-corrected chi connectivity index (χ2v) is 5.11. The number of hydrogen-bond acceptors (Lipinski definition) is 3. The fraction of sp³-hybridized carbons (Fsp3) is 0.176. The van der Waals surface area contributed by atoms with Crippen LogP contribution in [0.2, 0.25) is 5.02 Å². The van der Waals surface area contributed by atoms with Gasteiger partial charge in [-0.1, -0.05) is 41.9 Å². The molecule has 0 bridgehead atoms. The van der Waals surface area contributed by atoms with Gasteiger partial charge in [0.2, 0.25) is 0 Å². The highest BCUT2D eigenvalue weighted by atomic mass is 35.5. The number of carbonyl (C=O) groups excluding carboxylic acids is 2. The third-order valence-corrected chi connectivity index (χ3v) is 3.24. The highest BCUT2D eigenvalue weighted by Crippen LogP contribution is 2.10. The number of hydrogen-bond donors (Lipinski definition) is 1. The van der Waals surface area contributed by atoms with Gasteiger partial charge in [0.05, 0.1) is 5.56 Å². The van der Waals surface area contributed by atoms with E-state index in [1.807, 2.05) is 30.3 Å². The maximum Gasteiger partial charge on any atom is 0.338 e. The van der Waals surface area contributed by atoms with Crippen molar-refractivity contribution >= 4 is 23.5 Å². The average Bonchev–Trinajstić information content (AvgIpc) is 2.54. The van der Waals surface area contributed by atoms with Crippen LogP contribution in [0.25, 0.3) is 0 Å². The quantitative estimate of drug-likeness (QED) is 0.834. The Labute approximate surface area is 134 Å². The van der Waals surface area contributed by atoms with Crippen molar-refractivity contribution in [3.63, 3.8) is 0 Å². The molecule has 1 N–H and O–H groups in total. The predicted molar refractivity (Wildman–Crippen MR) is 84.9 cm³/mol. The van der Waals surface area contributed by atoms with E-state index in [2.05, 4.69) is 5.32 Å². The number of esters is 1. The molecule has 0 aromatic heterocycles. The van der Waals surface area contributed by atoms with Gasteiger partial charge >= 0.3 is 5.97 Å². The Morgan fingerprint density at radius 3 is 2.36 bits per heavy atom. The highest BCUT2D eigenvalue weighted by Gasteiger charge is 2.09. The number of ether oxygens (including phenoxy) is 1. The summed E-state index contributed by atoms with van der Waals surface area (Å²) in [6.07, 6.45) is 0.734. The zero-order valence-electron chi connectivity index (χ0n) is 11.9. The van der Waals surface area contributed by atoms with Crippen molar-refractivity contribution < 1.29 is 14.3 Å². The number of rotatable bonds is 6.